The molecule has 0 unspecified atom stereocenters. The van der Waals surface area contributed by atoms with Crippen LogP contribution in [-0.4, -0.2) is 25.1 Å². The lowest BCUT2D eigenvalue weighted by Crippen LogP contribution is -2.11. The zero-order valence-electron chi connectivity index (χ0n) is 12.4. The third kappa shape index (κ3) is 3.09. The molecule has 0 aliphatic heterocycles. The van der Waals surface area contributed by atoms with Crippen LogP contribution in [0.4, 0.5) is 5.13 Å². The van der Waals surface area contributed by atoms with Crippen LogP contribution < -0.4 is 14.8 Å². The standard InChI is InChI=1S/C16H13ClN2O3S/c1-21-10-5-3-4-9(8-10)15(20)19-16-18-13-12(22-2)7-6-11(17)14(13)23-16/h3-8H,1-2H3,(H,18,19,20). The number of carbonyl (C=O) groups is 1. The van der Waals surface area contributed by atoms with Crippen molar-refractivity contribution in [1.82, 2.24) is 4.98 Å². The summed E-state index contributed by atoms with van der Waals surface area (Å²) in [6.45, 7) is 0. The van der Waals surface area contributed by atoms with Gasteiger partial charge in [0.15, 0.2) is 5.13 Å². The fourth-order valence-corrected chi connectivity index (χ4v) is 3.25. The molecular formula is C16H13ClN2O3S. The van der Waals surface area contributed by atoms with Crippen LogP contribution in [0.5, 0.6) is 11.5 Å². The van der Waals surface area contributed by atoms with Crippen molar-refractivity contribution in [1.29, 1.82) is 0 Å². The Bertz CT molecular complexity index is 879. The summed E-state index contributed by atoms with van der Waals surface area (Å²) >= 11 is 7.48. The highest BCUT2D eigenvalue weighted by Crippen LogP contribution is 2.37. The highest BCUT2D eigenvalue weighted by Gasteiger charge is 2.15. The minimum absolute atomic E-state index is 0.266. The largest absolute Gasteiger partial charge is 0.497 e. The second kappa shape index (κ2) is 6.44. The number of methoxy groups -OCH3 is 2. The number of benzene rings is 2. The molecule has 0 saturated carbocycles. The number of nitrogens with zero attached hydrogens (tertiary/aromatic N) is 1. The lowest BCUT2D eigenvalue weighted by molar-refractivity contribution is 0.102. The van der Waals surface area contributed by atoms with Crippen LogP contribution in [0.15, 0.2) is 36.4 Å². The molecule has 3 aromatic rings. The maximum atomic E-state index is 12.3. The lowest BCUT2D eigenvalue weighted by atomic mass is 10.2. The molecule has 1 aromatic heterocycles. The molecule has 1 heterocycles. The van der Waals surface area contributed by atoms with Gasteiger partial charge < -0.3 is 9.47 Å². The third-order valence-electron chi connectivity index (χ3n) is 3.23. The van der Waals surface area contributed by atoms with Crippen molar-refractivity contribution in [2.45, 2.75) is 0 Å². The summed E-state index contributed by atoms with van der Waals surface area (Å²) in [5, 5.41) is 3.80. The molecule has 0 aliphatic carbocycles. The Hall–Kier alpha value is -2.31. The molecule has 0 saturated heterocycles. The van der Waals surface area contributed by atoms with Crippen molar-refractivity contribution in [2.24, 2.45) is 0 Å². The van der Waals surface area contributed by atoms with E-state index in [9.17, 15) is 4.79 Å². The van der Waals surface area contributed by atoms with Gasteiger partial charge in [-0.05, 0) is 30.3 Å². The molecule has 0 fully saturated rings. The topological polar surface area (TPSA) is 60.5 Å². The molecule has 1 N–H and O–H groups in total. The Morgan fingerprint density at radius 3 is 2.78 bits per heavy atom. The van der Waals surface area contributed by atoms with E-state index in [0.29, 0.717) is 32.7 Å². The van der Waals surface area contributed by atoms with Gasteiger partial charge in [-0.2, -0.15) is 0 Å². The molecule has 0 aliphatic rings. The Morgan fingerprint density at radius 2 is 2.04 bits per heavy atom. The average molecular weight is 349 g/mol. The number of rotatable bonds is 4. The van der Waals surface area contributed by atoms with Gasteiger partial charge in [0.2, 0.25) is 0 Å². The van der Waals surface area contributed by atoms with Gasteiger partial charge in [0.25, 0.3) is 5.91 Å². The van der Waals surface area contributed by atoms with Crippen molar-refractivity contribution >= 4 is 44.2 Å². The first-order chi connectivity index (χ1) is 11.1. The molecule has 7 heteroatoms. The normalized spacial score (nSPS) is 10.6. The number of hydrogen-bond donors (Lipinski definition) is 1. The number of ether oxygens (including phenoxy) is 2. The van der Waals surface area contributed by atoms with Crippen molar-refractivity contribution in [3.63, 3.8) is 0 Å². The smallest absolute Gasteiger partial charge is 0.257 e. The van der Waals surface area contributed by atoms with E-state index in [4.69, 9.17) is 21.1 Å². The van der Waals surface area contributed by atoms with Crippen LogP contribution in [0.3, 0.4) is 0 Å². The fourth-order valence-electron chi connectivity index (χ4n) is 2.10. The minimum atomic E-state index is -0.266. The summed E-state index contributed by atoms with van der Waals surface area (Å²) in [6, 6.07) is 10.4. The second-order valence-electron chi connectivity index (χ2n) is 4.63. The van der Waals surface area contributed by atoms with Gasteiger partial charge in [-0.1, -0.05) is 29.0 Å². The molecule has 118 valence electrons. The second-order valence-corrected chi connectivity index (χ2v) is 6.04. The quantitative estimate of drug-likeness (QED) is 0.766. The highest BCUT2D eigenvalue weighted by molar-refractivity contribution is 7.23. The zero-order valence-corrected chi connectivity index (χ0v) is 14.0. The number of amides is 1. The molecule has 0 atom stereocenters. The van der Waals surface area contributed by atoms with Gasteiger partial charge >= 0.3 is 0 Å². The SMILES string of the molecule is COc1cccc(C(=O)Nc2nc3c(OC)ccc(Cl)c3s2)c1. The van der Waals surface area contributed by atoms with Crippen LogP contribution >= 0.6 is 22.9 Å². The van der Waals surface area contributed by atoms with Gasteiger partial charge in [-0.3, -0.25) is 10.1 Å². The predicted octanol–water partition coefficient (Wildman–Crippen LogP) is 4.22. The molecule has 23 heavy (non-hydrogen) atoms. The summed E-state index contributed by atoms with van der Waals surface area (Å²) in [4.78, 5) is 16.7. The molecule has 3 rings (SSSR count). The van der Waals surface area contributed by atoms with Crippen LogP contribution in [-0.2, 0) is 0 Å². The predicted molar refractivity (Wildman–Crippen MR) is 92.1 cm³/mol. The van der Waals surface area contributed by atoms with Gasteiger partial charge in [0.1, 0.15) is 17.0 Å². The molecule has 1 amide bonds. The number of carbonyl (C=O) groups excluding carboxylic acids is 1. The van der Waals surface area contributed by atoms with E-state index in [0.717, 1.165) is 4.70 Å². The number of hydrogen-bond acceptors (Lipinski definition) is 5. The Balaban J connectivity index is 1.92. The Labute approximate surface area is 141 Å². The van der Waals surface area contributed by atoms with Crippen molar-refractivity contribution in [2.75, 3.05) is 19.5 Å². The van der Waals surface area contributed by atoms with Gasteiger partial charge in [0.05, 0.1) is 23.9 Å². The number of fused-ring (bicyclic) bond motifs is 1. The maximum Gasteiger partial charge on any atom is 0.257 e. The fraction of sp³-hybridized carbons (Fsp3) is 0.125. The number of anilines is 1. The Kier molecular flexibility index (Phi) is 4.36. The molecule has 0 bridgehead atoms. The summed E-state index contributed by atoms with van der Waals surface area (Å²) in [5.74, 6) is 0.965. The summed E-state index contributed by atoms with van der Waals surface area (Å²) < 4.78 is 11.2. The van der Waals surface area contributed by atoms with Gasteiger partial charge in [-0.15, -0.1) is 0 Å². The molecule has 0 spiro atoms. The van der Waals surface area contributed by atoms with Gasteiger partial charge in [-0.25, -0.2) is 4.98 Å². The lowest BCUT2D eigenvalue weighted by Gasteiger charge is -2.04. The van der Waals surface area contributed by atoms with Crippen LogP contribution in [0.1, 0.15) is 10.4 Å². The highest BCUT2D eigenvalue weighted by atomic mass is 35.5. The van der Waals surface area contributed by atoms with Crippen molar-refractivity contribution in [3.8, 4) is 11.5 Å². The van der Waals surface area contributed by atoms with Crippen molar-refractivity contribution < 1.29 is 14.3 Å². The monoisotopic (exact) mass is 348 g/mol. The van der Waals surface area contributed by atoms with E-state index in [1.807, 2.05) is 0 Å². The van der Waals surface area contributed by atoms with E-state index >= 15 is 0 Å². The third-order valence-corrected chi connectivity index (χ3v) is 4.66. The first kappa shape index (κ1) is 15.6. The number of thiazole rings is 1. The molecular weight excluding hydrogens is 336 g/mol. The zero-order chi connectivity index (χ0) is 16.4. The maximum absolute atomic E-state index is 12.3. The molecule has 0 radical (unpaired) electrons. The van der Waals surface area contributed by atoms with E-state index in [1.54, 1.807) is 50.6 Å². The van der Waals surface area contributed by atoms with E-state index < -0.39 is 0 Å². The summed E-state index contributed by atoms with van der Waals surface area (Å²) in [7, 11) is 3.12. The number of aromatic nitrogens is 1. The summed E-state index contributed by atoms with van der Waals surface area (Å²) in [5.41, 5.74) is 1.12. The molecule has 5 nitrogen and oxygen atoms in total. The van der Waals surface area contributed by atoms with Crippen LogP contribution in [0.2, 0.25) is 5.02 Å². The minimum Gasteiger partial charge on any atom is -0.497 e. The van der Waals surface area contributed by atoms with E-state index in [2.05, 4.69) is 10.3 Å². The van der Waals surface area contributed by atoms with Crippen molar-refractivity contribution in [3.05, 3.63) is 47.0 Å². The Morgan fingerprint density at radius 1 is 1.22 bits per heavy atom. The average Bonchev–Trinajstić information content (AvgIpc) is 3.00. The summed E-state index contributed by atoms with van der Waals surface area (Å²) in [6.07, 6.45) is 0. The van der Waals surface area contributed by atoms with E-state index in [-0.39, 0.29) is 5.91 Å². The first-order valence-corrected chi connectivity index (χ1v) is 7.90. The van der Waals surface area contributed by atoms with Crippen LogP contribution in [0, 0.1) is 0 Å². The van der Waals surface area contributed by atoms with E-state index in [1.165, 1.54) is 11.3 Å². The number of nitrogens with one attached hydrogen (secondary N) is 1. The van der Waals surface area contributed by atoms with Gasteiger partial charge in [0, 0.05) is 5.56 Å². The molecule has 2 aromatic carbocycles. The first-order valence-electron chi connectivity index (χ1n) is 6.71. The number of halogens is 1. The van der Waals surface area contributed by atoms with Crippen LogP contribution in [0.25, 0.3) is 10.2 Å².